The first-order chi connectivity index (χ1) is 9.95. The van der Waals surface area contributed by atoms with Gasteiger partial charge in [-0.15, -0.1) is 11.3 Å². The maximum Gasteiger partial charge on any atom is 0.308 e. The first-order valence-corrected chi connectivity index (χ1v) is 8.11. The summed E-state index contributed by atoms with van der Waals surface area (Å²) < 4.78 is 2.07. The van der Waals surface area contributed by atoms with Gasteiger partial charge in [0.25, 0.3) is 0 Å². The molecule has 1 heterocycles. The lowest BCUT2D eigenvalue weighted by Crippen LogP contribution is -2.31. The molecule has 1 atom stereocenters. The number of carbonyl (C=O) groups excluding carboxylic acids is 1. The lowest BCUT2D eigenvalue weighted by atomic mass is 10.2. The molecule has 2 rings (SSSR count). The zero-order valence-electron chi connectivity index (χ0n) is 11.4. The third-order valence-electron chi connectivity index (χ3n) is 2.99. The Kier molecular flexibility index (Phi) is 5.30. The van der Waals surface area contributed by atoms with Crippen molar-refractivity contribution in [3.8, 4) is 0 Å². The highest BCUT2D eigenvalue weighted by molar-refractivity contribution is 9.10. The second-order valence-electron chi connectivity index (χ2n) is 4.76. The van der Waals surface area contributed by atoms with E-state index >= 15 is 0 Å². The Morgan fingerprint density at radius 3 is 2.95 bits per heavy atom. The second kappa shape index (κ2) is 7.00. The summed E-state index contributed by atoms with van der Waals surface area (Å²) in [5.41, 5.74) is 0.921. The third-order valence-corrected chi connectivity index (χ3v) is 4.58. The summed E-state index contributed by atoms with van der Waals surface area (Å²) in [6.45, 7) is 1.72. The predicted molar refractivity (Wildman–Crippen MR) is 85.5 cm³/mol. The van der Waals surface area contributed by atoms with Crippen LogP contribution in [0.25, 0.3) is 10.2 Å². The van der Waals surface area contributed by atoms with Crippen molar-refractivity contribution in [1.29, 1.82) is 0 Å². The SMILES string of the molecule is CC(CNC(=O)CCc1nc2cc(Br)ccc2s1)C(=O)O. The average molecular weight is 371 g/mol. The summed E-state index contributed by atoms with van der Waals surface area (Å²) >= 11 is 4.97. The monoisotopic (exact) mass is 370 g/mol. The van der Waals surface area contributed by atoms with Crippen molar-refractivity contribution < 1.29 is 14.7 Å². The van der Waals surface area contributed by atoms with E-state index in [1.54, 1.807) is 18.3 Å². The van der Waals surface area contributed by atoms with Gasteiger partial charge in [0.1, 0.15) is 0 Å². The number of fused-ring (bicyclic) bond motifs is 1. The second-order valence-corrected chi connectivity index (χ2v) is 6.79. The molecule has 0 bridgehead atoms. The molecule has 0 aliphatic rings. The van der Waals surface area contributed by atoms with Crippen LogP contribution in [0.2, 0.25) is 0 Å². The number of aromatic nitrogens is 1. The summed E-state index contributed by atoms with van der Waals surface area (Å²) in [5.74, 6) is -1.63. The van der Waals surface area contributed by atoms with Crippen LogP contribution in [-0.4, -0.2) is 28.5 Å². The molecule has 1 amide bonds. The summed E-state index contributed by atoms with van der Waals surface area (Å²) in [6.07, 6.45) is 0.873. The number of nitrogens with zero attached hydrogens (tertiary/aromatic N) is 1. The maximum atomic E-state index is 11.7. The number of aliphatic carboxylic acids is 1. The minimum atomic E-state index is -0.910. The maximum absolute atomic E-state index is 11.7. The number of hydrogen-bond acceptors (Lipinski definition) is 4. The molecule has 0 saturated heterocycles. The number of aryl methyl sites for hydroxylation is 1. The Morgan fingerprint density at radius 2 is 2.24 bits per heavy atom. The molecule has 0 spiro atoms. The number of carboxylic acid groups (broad SMARTS) is 1. The molecule has 1 aromatic heterocycles. The molecular formula is C14H15BrN2O3S. The number of amides is 1. The van der Waals surface area contributed by atoms with Crippen LogP contribution in [0, 0.1) is 5.92 Å². The fourth-order valence-electron chi connectivity index (χ4n) is 1.72. The number of thiazole rings is 1. The Bertz CT molecular complexity index is 671. The van der Waals surface area contributed by atoms with E-state index in [4.69, 9.17) is 5.11 Å². The lowest BCUT2D eigenvalue weighted by molar-refractivity contribution is -0.141. The summed E-state index contributed by atoms with van der Waals surface area (Å²) in [4.78, 5) is 26.8. The van der Waals surface area contributed by atoms with Gasteiger partial charge in [0, 0.05) is 23.9 Å². The topological polar surface area (TPSA) is 79.3 Å². The normalized spacial score (nSPS) is 12.3. The average Bonchev–Trinajstić information content (AvgIpc) is 2.84. The number of hydrogen-bond donors (Lipinski definition) is 2. The van der Waals surface area contributed by atoms with Gasteiger partial charge in [0.05, 0.1) is 21.1 Å². The van der Waals surface area contributed by atoms with Crippen molar-refractivity contribution in [2.24, 2.45) is 5.92 Å². The van der Waals surface area contributed by atoms with Gasteiger partial charge in [-0.25, -0.2) is 4.98 Å². The van der Waals surface area contributed by atoms with E-state index in [-0.39, 0.29) is 12.5 Å². The Balaban J connectivity index is 1.86. The molecule has 7 heteroatoms. The first-order valence-electron chi connectivity index (χ1n) is 6.50. The summed E-state index contributed by atoms with van der Waals surface area (Å²) in [6, 6.07) is 5.91. The molecule has 112 valence electrons. The van der Waals surface area contributed by atoms with Crippen LogP contribution in [0.3, 0.4) is 0 Å². The number of halogens is 1. The van der Waals surface area contributed by atoms with Crippen LogP contribution >= 0.6 is 27.3 Å². The van der Waals surface area contributed by atoms with Crippen molar-refractivity contribution in [3.05, 3.63) is 27.7 Å². The minimum Gasteiger partial charge on any atom is -0.481 e. The van der Waals surface area contributed by atoms with Crippen LogP contribution in [0.5, 0.6) is 0 Å². The Labute approximate surface area is 134 Å². The summed E-state index contributed by atoms with van der Waals surface area (Å²) in [5, 5.41) is 12.3. The Morgan fingerprint density at radius 1 is 1.48 bits per heavy atom. The molecule has 0 aliphatic heterocycles. The standard InChI is InChI=1S/C14H15BrN2O3S/c1-8(14(19)20)7-16-12(18)4-5-13-17-10-6-9(15)2-3-11(10)21-13/h2-3,6,8H,4-5,7H2,1H3,(H,16,18)(H,19,20). The van der Waals surface area contributed by atoms with Gasteiger partial charge in [-0.1, -0.05) is 22.9 Å². The van der Waals surface area contributed by atoms with Crippen LogP contribution in [0.1, 0.15) is 18.4 Å². The predicted octanol–water partition coefficient (Wildman–Crippen LogP) is 2.83. The van der Waals surface area contributed by atoms with Crippen molar-refractivity contribution in [1.82, 2.24) is 10.3 Å². The first kappa shape index (κ1) is 15.9. The molecule has 0 radical (unpaired) electrons. The molecule has 0 saturated carbocycles. The number of nitrogens with one attached hydrogen (secondary N) is 1. The largest absolute Gasteiger partial charge is 0.481 e. The van der Waals surface area contributed by atoms with E-state index in [9.17, 15) is 9.59 Å². The molecule has 1 aromatic carbocycles. The zero-order valence-corrected chi connectivity index (χ0v) is 13.8. The highest BCUT2D eigenvalue weighted by Gasteiger charge is 2.12. The molecule has 5 nitrogen and oxygen atoms in total. The molecule has 2 aromatic rings. The summed E-state index contributed by atoms with van der Waals surface area (Å²) in [7, 11) is 0. The van der Waals surface area contributed by atoms with E-state index in [2.05, 4.69) is 26.2 Å². The van der Waals surface area contributed by atoms with Crippen molar-refractivity contribution in [3.63, 3.8) is 0 Å². The van der Waals surface area contributed by atoms with Crippen LogP contribution < -0.4 is 5.32 Å². The van der Waals surface area contributed by atoms with Crippen LogP contribution in [-0.2, 0) is 16.0 Å². The van der Waals surface area contributed by atoms with Crippen LogP contribution in [0.4, 0.5) is 0 Å². The van der Waals surface area contributed by atoms with E-state index in [0.717, 1.165) is 19.7 Å². The molecule has 1 unspecified atom stereocenters. The van der Waals surface area contributed by atoms with Gasteiger partial charge in [-0.2, -0.15) is 0 Å². The quantitative estimate of drug-likeness (QED) is 0.819. The van der Waals surface area contributed by atoms with Gasteiger partial charge in [0.2, 0.25) is 5.91 Å². The number of benzene rings is 1. The van der Waals surface area contributed by atoms with Crippen molar-refractivity contribution in [2.45, 2.75) is 19.8 Å². The van der Waals surface area contributed by atoms with E-state index in [1.165, 1.54) is 0 Å². The smallest absolute Gasteiger partial charge is 0.308 e. The third kappa shape index (κ3) is 4.50. The van der Waals surface area contributed by atoms with Gasteiger partial charge in [-0.3, -0.25) is 9.59 Å². The minimum absolute atomic E-state index is 0.150. The number of carbonyl (C=O) groups is 2. The highest BCUT2D eigenvalue weighted by atomic mass is 79.9. The Hall–Kier alpha value is -1.47. The van der Waals surface area contributed by atoms with Crippen molar-refractivity contribution >= 4 is 49.4 Å². The van der Waals surface area contributed by atoms with E-state index < -0.39 is 11.9 Å². The number of carboxylic acids is 1. The van der Waals surface area contributed by atoms with Gasteiger partial charge < -0.3 is 10.4 Å². The molecule has 0 aliphatic carbocycles. The zero-order chi connectivity index (χ0) is 15.4. The van der Waals surface area contributed by atoms with Gasteiger partial charge in [-0.05, 0) is 18.2 Å². The van der Waals surface area contributed by atoms with E-state index in [1.807, 2.05) is 18.2 Å². The lowest BCUT2D eigenvalue weighted by Gasteiger charge is -2.07. The molecule has 0 fully saturated rings. The van der Waals surface area contributed by atoms with E-state index in [0.29, 0.717) is 12.8 Å². The highest BCUT2D eigenvalue weighted by Crippen LogP contribution is 2.25. The van der Waals surface area contributed by atoms with Crippen molar-refractivity contribution in [2.75, 3.05) is 6.54 Å². The van der Waals surface area contributed by atoms with Gasteiger partial charge >= 0.3 is 5.97 Å². The van der Waals surface area contributed by atoms with Gasteiger partial charge in [0.15, 0.2) is 0 Å². The fourth-order valence-corrected chi connectivity index (χ4v) is 3.01. The fraction of sp³-hybridized carbons (Fsp3) is 0.357. The molecule has 21 heavy (non-hydrogen) atoms. The molecule has 2 N–H and O–H groups in total. The molecular weight excluding hydrogens is 356 g/mol. The number of rotatable bonds is 6. The van der Waals surface area contributed by atoms with Crippen LogP contribution in [0.15, 0.2) is 22.7 Å².